The number of nitrogens with zero attached hydrogens (tertiary/aromatic N) is 2. The third-order valence-electron chi connectivity index (χ3n) is 3.02. The molecule has 0 aromatic heterocycles. The first-order valence-electron chi connectivity index (χ1n) is 5.75. The van der Waals surface area contributed by atoms with Crippen LogP contribution in [-0.2, 0) is 0 Å². The van der Waals surface area contributed by atoms with Crippen LogP contribution in [0.1, 0.15) is 23.2 Å². The number of hydrogen-bond acceptors (Lipinski definition) is 4. The molecule has 0 atom stereocenters. The Bertz CT molecular complexity index is 484. The Morgan fingerprint density at radius 2 is 2.06 bits per heavy atom. The molecule has 1 heterocycles. The maximum atomic E-state index is 12.1. The van der Waals surface area contributed by atoms with Crippen molar-refractivity contribution >= 4 is 23.4 Å². The third-order valence-corrected chi connectivity index (χ3v) is 3.80. The highest BCUT2D eigenvalue weighted by Crippen LogP contribution is 2.29. The van der Waals surface area contributed by atoms with Crippen LogP contribution in [0.15, 0.2) is 23.1 Å². The Labute approximate surface area is 109 Å². The normalized spacial score (nSPS) is 14.8. The summed E-state index contributed by atoms with van der Waals surface area (Å²) in [4.78, 5) is 25.0. The predicted octanol–water partition coefficient (Wildman–Crippen LogP) is 2.55. The molecule has 96 valence electrons. The summed E-state index contributed by atoms with van der Waals surface area (Å²) in [5.41, 5.74) is 0.411. The van der Waals surface area contributed by atoms with Crippen molar-refractivity contribution in [2.45, 2.75) is 17.7 Å². The van der Waals surface area contributed by atoms with Crippen molar-refractivity contribution in [1.82, 2.24) is 4.90 Å². The summed E-state index contributed by atoms with van der Waals surface area (Å²) in [5.74, 6) is -0.108. The minimum atomic E-state index is -0.438. The van der Waals surface area contributed by atoms with Crippen molar-refractivity contribution in [3.05, 3.63) is 33.9 Å². The Balaban J connectivity index is 2.31. The van der Waals surface area contributed by atoms with Gasteiger partial charge in [0, 0.05) is 24.7 Å². The number of likely N-dealkylation sites (tertiary alicyclic amines) is 1. The molecular weight excluding hydrogens is 252 g/mol. The molecule has 0 aliphatic carbocycles. The molecule has 1 aliphatic heterocycles. The van der Waals surface area contributed by atoms with Crippen molar-refractivity contribution in [3.63, 3.8) is 0 Å². The zero-order chi connectivity index (χ0) is 13.1. The minimum absolute atomic E-state index is 0.00699. The lowest BCUT2D eigenvalue weighted by molar-refractivity contribution is -0.387. The van der Waals surface area contributed by atoms with E-state index in [1.807, 2.05) is 0 Å². The van der Waals surface area contributed by atoms with Gasteiger partial charge in [-0.15, -0.1) is 11.8 Å². The monoisotopic (exact) mass is 266 g/mol. The second-order valence-electron chi connectivity index (χ2n) is 4.14. The molecule has 1 saturated heterocycles. The van der Waals surface area contributed by atoms with Gasteiger partial charge in [-0.2, -0.15) is 0 Å². The van der Waals surface area contributed by atoms with Gasteiger partial charge in [0.2, 0.25) is 0 Å². The lowest BCUT2D eigenvalue weighted by Crippen LogP contribution is -2.27. The van der Waals surface area contributed by atoms with Crippen LogP contribution in [0.25, 0.3) is 0 Å². The number of hydrogen-bond donors (Lipinski definition) is 0. The van der Waals surface area contributed by atoms with Crippen molar-refractivity contribution in [3.8, 4) is 0 Å². The van der Waals surface area contributed by atoms with E-state index in [0.717, 1.165) is 25.9 Å². The molecule has 1 amide bonds. The molecular formula is C12H14N2O3S. The molecule has 0 saturated carbocycles. The Hall–Kier alpha value is -1.56. The highest BCUT2D eigenvalue weighted by atomic mass is 32.2. The molecule has 0 spiro atoms. The van der Waals surface area contributed by atoms with Crippen LogP contribution in [0.4, 0.5) is 5.69 Å². The number of amides is 1. The second kappa shape index (κ2) is 5.39. The average molecular weight is 266 g/mol. The van der Waals surface area contributed by atoms with Crippen molar-refractivity contribution in [2.24, 2.45) is 0 Å². The van der Waals surface area contributed by atoms with Gasteiger partial charge in [0.15, 0.2) is 0 Å². The lowest BCUT2D eigenvalue weighted by Gasteiger charge is -2.15. The van der Waals surface area contributed by atoms with Crippen LogP contribution in [0.3, 0.4) is 0 Å². The van der Waals surface area contributed by atoms with E-state index in [9.17, 15) is 14.9 Å². The van der Waals surface area contributed by atoms with Crippen LogP contribution < -0.4 is 0 Å². The first kappa shape index (κ1) is 12.9. The van der Waals surface area contributed by atoms with E-state index >= 15 is 0 Å². The fourth-order valence-electron chi connectivity index (χ4n) is 2.07. The molecule has 1 aromatic rings. The summed E-state index contributed by atoms with van der Waals surface area (Å²) >= 11 is 1.31. The van der Waals surface area contributed by atoms with Crippen molar-refractivity contribution in [1.29, 1.82) is 0 Å². The maximum absolute atomic E-state index is 12.1. The Morgan fingerprint density at radius 3 is 2.61 bits per heavy atom. The van der Waals surface area contributed by atoms with Crippen LogP contribution in [0.5, 0.6) is 0 Å². The van der Waals surface area contributed by atoms with Crippen molar-refractivity contribution in [2.75, 3.05) is 19.3 Å². The number of carbonyl (C=O) groups is 1. The molecule has 0 N–H and O–H groups in total. The minimum Gasteiger partial charge on any atom is -0.339 e. The van der Waals surface area contributed by atoms with E-state index in [2.05, 4.69) is 0 Å². The number of thioether (sulfide) groups is 1. The topological polar surface area (TPSA) is 63.5 Å². The van der Waals surface area contributed by atoms with Gasteiger partial charge in [0.1, 0.15) is 0 Å². The van der Waals surface area contributed by atoms with Gasteiger partial charge in [-0.25, -0.2) is 0 Å². The van der Waals surface area contributed by atoms with E-state index in [-0.39, 0.29) is 11.6 Å². The first-order valence-corrected chi connectivity index (χ1v) is 6.97. The molecule has 5 nitrogen and oxygen atoms in total. The maximum Gasteiger partial charge on any atom is 0.283 e. The molecule has 1 fully saturated rings. The fraction of sp³-hybridized carbons (Fsp3) is 0.417. The van der Waals surface area contributed by atoms with Gasteiger partial charge in [0.05, 0.1) is 9.82 Å². The van der Waals surface area contributed by atoms with Crippen LogP contribution in [-0.4, -0.2) is 35.1 Å². The van der Waals surface area contributed by atoms with Crippen LogP contribution in [0.2, 0.25) is 0 Å². The molecule has 0 radical (unpaired) electrons. The van der Waals surface area contributed by atoms with Crippen LogP contribution in [0, 0.1) is 10.1 Å². The molecule has 6 heteroatoms. The van der Waals surface area contributed by atoms with Crippen LogP contribution >= 0.6 is 11.8 Å². The summed E-state index contributed by atoms with van der Waals surface area (Å²) in [6.07, 6.45) is 3.80. The smallest absolute Gasteiger partial charge is 0.283 e. The molecule has 0 unspecified atom stereocenters. The summed E-state index contributed by atoms with van der Waals surface area (Å²) in [7, 11) is 0. The SMILES string of the molecule is CSc1ccc(C(=O)N2CCCC2)cc1[N+](=O)[O-]. The molecule has 18 heavy (non-hydrogen) atoms. The lowest BCUT2D eigenvalue weighted by atomic mass is 10.2. The van der Waals surface area contributed by atoms with Gasteiger partial charge in [-0.1, -0.05) is 0 Å². The Morgan fingerprint density at radius 1 is 1.39 bits per heavy atom. The third kappa shape index (κ3) is 2.48. The standard InChI is InChI=1S/C12H14N2O3S/c1-18-11-5-4-9(8-10(11)14(16)17)12(15)13-6-2-3-7-13/h4-5,8H,2-3,6-7H2,1H3. The number of nitro groups is 1. The van der Waals surface area contributed by atoms with Gasteiger partial charge < -0.3 is 4.90 Å². The average Bonchev–Trinajstić information content (AvgIpc) is 2.90. The van der Waals surface area contributed by atoms with E-state index < -0.39 is 4.92 Å². The summed E-state index contributed by atoms with van der Waals surface area (Å²) in [5, 5.41) is 10.9. The largest absolute Gasteiger partial charge is 0.339 e. The second-order valence-corrected chi connectivity index (χ2v) is 4.99. The summed E-state index contributed by atoms with van der Waals surface area (Å²) in [6, 6.07) is 4.69. The van der Waals surface area contributed by atoms with E-state index in [1.165, 1.54) is 17.8 Å². The fourth-order valence-corrected chi connectivity index (χ4v) is 2.62. The number of rotatable bonds is 3. The zero-order valence-electron chi connectivity index (χ0n) is 10.1. The number of carbonyl (C=O) groups excluding carboxylic acids is 1. The Kier molecular flexibility index (Phi) is 3.86. The van der Waals surface area contributed by atoms with Crippen molar-refractivity contribution < 1.29 is 9.72 Å². The van der Waals surface area contributed by atoms with E-state index in [1.54, 1.807) is 23.3 Å². The quantitative estimate of drug-likeness (QED) is 0.479. The van der Waals surface area contributed by atoms with Gasteiger partial charge in [-0.05, 0) is 31.2 Å². The highest BCUT2D eigenvalue weighted by Gasteiger charge is 2.22. The molecule has 2 rings (SSSR count). The first-order chi connectivity index (χ1) is 8.63. The predicted molar refractivity (Wildman–Crippen MR) is 70.0 cm³/mol. The van der Waals surface area contributed by atoms with Gasteiger partial charge in [-0.3, -0.25) is 14.9 Å². The summed E-state index contributed by atoms with van der Waals surface area (Å²) < 4.78 is 0. The molecule has 0 bridgehead atoms. The number of nitro benzene ring substituents is 1. The zero-order valence-corrected chi connectivity index (χ0v) is 10.9. The molecule has 1 aliphatic rings. The highest BCUT2D eigenvalue weighted by molar-refractivity contribution is 7.98. The van der Waals surface area contributed by atoms with Gasteiger partial charge in [0.25, 0.3) is 11.6 Å². The molecule has 1 aromatic carbocycles. The summed E-state index contributed by atoms with van der Waals surface area (Å²) in [6.45, 7) is 1.49. The van der Waals surface area contributed by atoms with Gasteiger partial charge >= 0.3 is 0 Å². The number of benzene rings is 1. The van der Waals surface area contributed by atoms with E-state index in [4.69, 9.17) is 0 Å². The van der Waals surface area contributed by atoms with E-state index in [0.29, 0.717) is 10.5 Å².